The first-order valence-electron chi connectivity index (χ1n) is 12.8. The number of β-amino-alcohol motifs (C(OH)–C–C–N with tert-alkyl or cyclic N) is 1. The Labute approximate surface area is 223 Å². The molecule has 2 aliphatic heterocycles. The fourth-order valence-corrected chi connectivity index (χ4v) is 4.70. The largest absolute Gasteiger partial charge is 0.492 e. The van der Waals surface area contributed by atoms with Crippen LogP contribution in [0.3, 0.4) is 0 Å². The van der Waals surface area contributed by atoms with E-state index < -0.39 is 17.2 Å². The summed E-state index contributed by atoms with van der Waals surface area (Å²) in [5, 5.41) is 14.1. The fraction of sp³-hybridized carbons (Fsp3) is 0.464. The van der Waals surface area contributed by atoms with Gasteiger partial charge in [-0.2, -0.15) is 0 Å². The minimum absolute atomic E-state index is 0.0683. The Hall–Kier alpha value is -3.63. The summed E-state index contributed by atoms with van der Waals surface area (Å²) in [6.07, 6.45) is 0. The molecule has 1 unspecified atom stereocenters. The molecule has 2 N–H and O–H groups in total. The number of urea groups is 1. The highest BCUT2D eigenvalue weighted by molar-refractivity contribution is 6.06. The Kier molecular flexibility index (Phi) is 8.23. The lowest BCUT2D eigenvalue weighted by Crippen LogP contribution is -2.51. The zero-order chi connectivity index (χ0) is 27.3. The standard InChI is InChI=1S/C28H36N4O6/c1-21(33)31-14-13-30(18-28(36,19-31)20-38-23-7-5-4-6-8-23)17-22-9-11-24(12-10-22)37-16-15-32-25(34)27(2,3)29-26(32)35/h4-12,36H,13-20H2,1-3H3,(H,29,35). The third kappa shape index (κ3) is 6.81. The molecule has 10 heteroatoms. The Bertz CT molecular complexity index is 1140. The molecule has 10 nitrogen and oxygen atoms in total. The van der Waals surface area contributed by atoms with E-state index in [4.69, 9.17) is 9.47 Å². The van der Waals surface area contributed by atoms with E-state index in [0.717, 1.165) is 5.56 Å². The van der Waals surface area contributed by atoms with Gasteiger partial charge in [-0.1, -0.05) is 30.3 Å². The number of amides is 4. The number of nitrogens with one attached hydrogen (secondary N) is 1. The number of aliphatic hydroxyl groups is 1. The lowest BCUT2D eigenvalue weighted by molar-refractivity contribution is -0.132. The highest BCUT2D eigenvalue weighted by atomic mass is 16.5. The fourth-order valence-electron chi connectivity index (χ4n) is 4.70. The number of nitrogens with zero attached hydrogens (tertiary/aromatic N) is 3. The van der Waals surface area contributed by atoms with Crippen molar-refractivity contribution >= 4 is 17.8 Å². The molecule has 0 aliphatic carbocycles. The Morgan fingerprint density at radius 1 is 0.974 bits per heavy atom. The molecule has 38 heavy (non-hydrogen) atoms. The molecular formula is C28H36N4O6. The molecule has 4 rings (SSSR count). The molecule has 2 saturated heterocycles. The first-order chi connectivity index (χ1) is 18.0. The molecule has 0 spiro atoms. The van der Waals surface area contributed by atoms with Crippen molar-refractivity contribution in [2.75, 3.05) is 45.9 Å². The van der Waals surface area contributed by atoms with Crippen LogP contribution in [-0.4, -0.2) is 94.7 Å². The van der Waals surface area contributed by atoms with E-state index in [0.29, 0.717) is 37.7 Å². The topological polar surface area (TPSA) is 112 Å². The highest BCUT2D eigenvalue weighted by Crippen LogP contribution is 2.21. The maximum absolute atomic E-state index is 12.3. The van der Waals surface area contributed by atoms with Gasteiger partial charge in [0, 0.05) is 33.1 Å². The number of carbonyl (C=O) groups excluding carboxylic acids is 3. The van der Waals surface area contributed by atoms with Crippen molar-refractivity contribution in [3.05, 3.63) is 60.2 Å². The lowest BCUT2D eigenvalue weighted by Gasteiger charge is -2.32. The third-order valence-electron chi connectivity index (χ3n) is 6.74. The number of para-hydroxylation sites is 1. The van der Waals surface area contributed by atoms with E-state index in [1.807, 2.05) is 54.6 Å². The average Bonchev–Trinajstić information content (AvgIpc) is 2.99. The number of hydrogen-bond acceptors (Lipinski definition) is 7. The summed E-state index contributed by atoms with van der Waals surface area (Å²) in [4.78, 5) is 41.4. The van der Waals surface area contributed by atoms with Crippen LogP contribution in [0.4, 0.5) is 4.79 Å². The Balaban J connectivity index is 1.33. The molecule has 4 amide bonds. The summed E-state index contributed by atoms with van der Waals surface area (Å²) in [6.45, 7) is 7.55. The van der Waals surface area contributed by atoms with Crippen molar-refractivity contribution in [2.45, 2.75) is 38.5 Å². The van der Waals surface area contributed by atoms with Crippen LogP contribution < -0.4 is 14.8 Å². The van der Waals surface area contributed by atoms with Gasteiger partial charge in [0.1, 0.15) is 35.9 Å². The van der Waals surface area contributed by atoms with Crippen LogP contribution in [0.5, 0.6) is 11.5 Å². The molecule has 0 saturated carbocycles. The zero-order valence-electron chi connectivity index (χ0n) is 22.2. The Morgan fingerprint density at radius 3 is 2.29 bits per heavy atom. The van der Waals surface area contributed by atoms with Crippen molar-refractivity contribution in [1.82, 2.24) is 20.0 Å². The smallest absolute Gasteiger partial charge is 0.325 e. The first kappa shape index (κ1) is 27.4. The van der Waals surface area contributed by atoms with Crippen molar-refractivity contribution in [3.63, 3.8) is 0 Å². The predicted molar refractivity (Wildman–Crippen MR) is 141 cm³/mol. The van der Waals surface area contributed by atoms with Crippen LogP contribution in [0.1, 0.15) is 26.3 Å². The van der Waals surface area contributed by atoms with Crippen molar-refractivity contribution in [1.29, 1.82) is 0 Å². The van der Waals surface area contributed by atoms with E-state index in [1.54, 1.807) is 18.7 Å². The molecule has 2 aromatic rings. The summed E-state index contributed by atoms with van der Waals surface area (Å²) in [5.41, 5.74) is -1.10. The summed E-state index contributed by atoms with van der Waals surface area (Å²) >= 11 is 0. The average molecular weight is 525 g/mol. The van der Waals surface area contributed by atoms with Gasteiger partial charge in [0.25, 0.3) is 5.91 Å². The molecule has 2 heterocycles. The monoisotopic (exact) mass is 524 g/mol. The van der Waals surface area contributed by atoms with E-state index in [-0.39, 0.29) is 38.1 Å². The van der Waals surface area contributed by atoms with Gasteiger partial charge in [0.2, 0.25) is 5.91 Å². The van der Waals surface area contributed by atoms with Crippen LogP contribution in [-0.2, 0) is 16.1 Å². The van der Waals surface area contributed by atoms with Gasteiger partial charge in [0.05, 0.1) is 13.1 Å². The van der Waals surface area contributed by atoms with Crippen LogP contribution in [0.25, 0.3) is 0 Å². The number of ether oxygens (including phenoxy) is 2. The maximum Gasteiger partial charge on any atom is 0.325 e. The van der Waals surface area contributed by atoms with Crippen LogP contribution in [0.2, 0.25) is 0 Å². The molecule has 204 valence electrons. The highest BCUT2D eigenvalue weighted by Gasteiger charge is 2.44. The van der Waals surface area contributed by atoms with Crippen molar-refractivity contribution in [2.24, 2.45) is 0 Å². The van der Waals surface area contributed by atoms with Crippen molar-refractivity contribution < 1.29 is 29.0 Å². The van der Waals surface area contributed by atoms with E-state index in [2.05, 4.69) is 10.2 Å². The minimum atomic E-state index is -1.23. The molecule has 1 atom stereocenters. The zero-order valence-corrected chi connectivity index (χ0v) is 22.2. The van der Waals surface area contributed by atoms with E-state index in [1.165, 1.54) is 11.8 Å². The van der Waals surface area contributed by atoms with E-state index in [9.17, 15) is 19.5 Å². The van der Waals surface area contributed by atoms with E-state index >= 15 is 0 Å². The number of imide groups is 1. The molecule has 0 aromatic heterocycles. The Morgan fingerprint density at radius 2 is 1.66 bits per heavy atom. The normalized spacial score (nSPS) is 21.7. The molecule has 2 aromatic carbocycles. The molecule has 2 fully saturated rings. The maximum atomic E-state index is 12.3. The number of carbonyl (C=O) groups is 3. The number of rotatable bonds is 9. The molecule has 0 radical (unpaired) electrons. The molecule has 2 aliphatic rings. The summed E-state index contributed by atoms with van der Waals surface area (Å²) < 4.78 is 11.6. The second-order valence-electron chi connectivity index (χ2n) is 10.5. The summed E-state index contributed by atoms with van der Waals surface area (Å²) in [7, 11) is 0. The van der Waals surface area contributed by atoms with Gasteiger partial charge in [-0.05, 0) is 43.7 Å². The van der Waals surface area contributed by atoms with Gasteiger partial charge >= 0.3 is 6.03 Å². The SMILES string of the molecule is CC(=O)N1CCN(Cc2ccc(OCCN3C(=O)NC(C)(C)C3=O)cc2)CC(O)(COc2ccccc2)C1. The quantitative estimate of drug-likeness (QED) is 0.482. The van der Waals surface area contributed by atoms with Gasteiger partial charge in [-0.25, -0.2) is 4.79 Å². The number of hydrogen-bond donors (Lipinski definition) is 2. The predicted octanol–water partition coefficient (Wildman–Crippen LogP) is 1.87. The lowest BCUT2D eigenvalue weighted by atomic mass is 10.0. The number of benzene rings is 2. The van der Waals surface area contributed by atoms with Crippen LogP contribution in [0.15, 0.2) is 54.6 Å². The van der Waals surface area contributed by atoms with Crippen LogP contribution >= 0.6 is 0 Å². The van der Waals surface area contributed by atoms with Gasteiger partial charge in [0.15, 0.2) is 0 Å². The summed E-state index contributed by atoms with van der Waals surface area (Å²) in [6, 6.07) is 16.5. The first-order valence-corrected chi connectivity index (χ1v) is 12.8. The van der Waals surface area contributed by atoms with Crippen LogP contribution in [0, 0.1) is 0 Å². The van der Waals surface area contributed by atoms with Gasteiger partial charge < -0.3 is 24.8 Å². The van der Waals surface area contributed by atoms with Gasteiger partial charge in [-0.15, -0.1) is 0 Å². The minimum Gasteiger partial charge on any atom is -0.492 e. The molecule has 0 bridgehead atoms. The second kappa shape index (κ2) is 11.4. The second-order valence-corrected chi connectivity index (χ2v) is 10.5. The third-order valence-corrected chi connectivity index (χ3v) is 6.74. The summed E-state index contributed by atoms with van der Waals surface area (Å²) in [5.74, 6) is 0.950. The van der Waals surface area contributed by atoms with Crippen molar-refractivity contribution in [3.8, 4) is 11.5 Å². The van der Waals surface area contributed by atoms with Gasteiger partial charge in [-0.3, -0.25) is 19.4 Å². The molecular weight excluding hydrogens is 488 g/mol.